The van der Waals surface area contributed by atoms with Crippen LogP contribution in [0, 0.1) is 0 Å². The number of esters is 1. The first-order chi connectivity index (χ1) is 12.2. The van der Waals surface area contributed by atoms with Gasteiger partial charge in [-0.3, -0.25) is 4.79 Å². The van der Waals surface area contributed by atoms with E-state index in [1.165, 1.54) is 18.4 Å². The summed E-state index contributed by atoms with van der Waals surface area (Å²) >= 11 is 0. The maximum absolute atomic E-state index is 12.3. The molecule has 0 saturated carbocycles. The molecule has 1 aliphatic heterocycles. The lowest BCUT2D eigenvalue weighted by Gasteiger charge is -2.09. The van der Waals surface area contributed by atoms with Crippen molar-refractivity contribution in [1.82, 2.24) is 5.32 Å². The molecule has 0 atom stereocenters. The van der Waals surface area contributed by atoms with E-state index in [9.17, 15) is 9.59 Å². The van der Waals surface area contributed by atoms with E-state index < -0.39 is 11.9 Å². The van der Waals surface area contributed by atoms with Gasteiger partial charge in [-0.2, -0.15) is 0 Å². The molecule has 1 aliphatic rings. The molecule has 1 aromatic carbocycles. The average Bonchev–Trinajstić information content (AvgIpc) is 3.29. The largest absolute Gasteiger partial charge is 0.461 e. The predicted molar refractivity (Wildman–Crippen MR) is 88.0 cm³/mol. The third kappa shape index (κ3) is 4.00. The van der Waals surface area contributed by atoms with Crippen LogP contribution in [0.1, 0.15) is 29.5 Å². The van der Waals surface area contributed by atoms with Crippen molar-refractivity contribution in [3.63, 3.8) is 0 Å². The molecule has 0 bridgehead atoms. The van der Waals surface area contributed by atoms with Gasteiger partial charge in [0.2, 0.25) is 6.79 Å². The second kappa shape index (κ2) is 7.57. The van der Waals surface area contributed by atoms with Crippen LogP contribution in [0.5, 0.6) is 11.5 Å². The minimum atomic E-state index is -0.626. The molecule has 0 radical (unpaired) electrons. The molecule has 0 saturated heterocycles. The number of amides is 1. The Bertz CT molecular complexity index is 794. The van der Waals surface area contributed by atoms with Gasteiger partial charge < -0.3 is 23.9 Å². The fourth-order valence-electron chi connectivity index (χ4n) is 2.18. The highest BCUT2D eigenvalue weighted by atomic mass is 16.7. The zero-order chi connectivity index (χ0) is 17.6. The van der Waals surface area contributed by atoms with E-state index in [4.69, 9.17) is 18.6 Å². The Hall–Kier alpha value is -3.22. The number of furan rings is 1. The van der Waals surface area contributed by atoms with Gasteiger partial charge in [-0.15, -0.1) is 0 Å². The average molecular weight is 343 g/mol. The van der Waals surface area contributed by atoms with Gasteiger partial charge in [-0.05, 0) is 42.3 Å². The predicted octanol–water partition coefficient (Wildman–Crippen LogP) is 2.73. The Kier molecular flexibility index (Phi) is 5.03. The minimum absolute atomic E-state index is 0.00807. The molecule has 7 heteroatoms. The number of ether oxygens (including phenoxy) is 3. The molecule has 1 amide bonds. The number of carbonyl (C=O) groups is 2. The molecule has 2 aromatic rings. The van der Waals surface area contributed by atoms with Gasteiger partial charge in [0.15, 0.2) is 17.3 Å². The Morgan fingerprint density at radius 3 is 2.84 bits per heavy atom. The zero-order valence-corrected chi connectivity index (χ0v) is 13.6. The lowest BCUT2D eigenvalue weighted by molar-refractivity contribution is -0.139. The molecular formula is C18H17NO6. The minimum Gasteiger partial charge on any atom is -0.461 e. The second-order valence-corrected chi connectivity index (χ2v) is 5.24. The molecule has 0 spiro atoms. The summed E-state index contributed by atoms with van der Waals surface area (Å²) in [4.78, 5) is 24.4. The van der Waals surface area contributed by atoms with Crippen molar-refractivity contribution in [3.05, 3.63) is 53.6 Å². The van der Waals surface area contributed by atoms with Gasteiger partial charge in [0.05, 0.1) is 12.9 Å². The third-order valence-electron chi connectivity index (χ3n) is 3.36. The highest BCUT2D eigenvalue weighted by Gasteiger charge is 2.18. The van der Waals surface area contributed by atoms with Crippen molar-refractivity contribution in [3.8, 4) is 11.5 Å². The van der Waals surface area contributed by atoms with Crippen molar-refractivity contribution in [2.75, 3.05) is 13.4 Å². The number of rotatable bonds is 6. The van der Waals surface area contributed by atoms with Crippen LogP contribution >= 0.6 is 0 Å². The summed E-state index contributed by atoms with van der Waals surface area (Å²) in [6.07, 6.45) is 3.57. The smallest absolute Gasteiger partial charge is 0.354 e. The van der Waals surface area contributed by atoms with Crippen LogP contribution in [-0.2, 0) is 9.53 Å². The number of hydrogen-bond donors (Lipinski definition) is 1. The van der Waals surface area contributed by atoms with E-state index >= 15 is 0 Å². The molecule has 3 rings (SSSR count). The molecule has 2 heterocycles. The Labute approximate surface area is 144 Å². The molecule has 130 valence electrons. The molecule has 0 unspecified atom stereocenters. The lowest BCUT2D eigenvalue weighted by Crippen LogP contribution is -2.28. The molecule has 0 fully saturated rings. The highest BCUT2D eigenvalue weighted by molar-refractivity contribution is 6.02. The molecule has 1 N–H and O–H groups in total. The van der Waals surface area contributed by atoms with E-state index in [2.05, 4.69) is 5.32 Å². The second-order valence-electron chi connectivity index (χ2n) is 5.24. The fraction of sp³-hybridized carbons (Fsp3) is 0.222. The van der Waals surface area contributed by atoms with Crippen molar-refractivity contribution in [2.45, 2.75) is 13.3 Å². The standard InChI is InChI=1S/C18H17NO6/c1-2-7-23-18(21)13(19-17(20)15-4-3-8-22-15)9-12-5-6-14-16(10-12)25-11-24-14/h3-6,8-10H,2,7,11H2,1H3,(H,19,20)/b13-9-. The lowest BCUT2D eigenvalue weighted by atomic mass is 10.1. The summed E-state index contributed by atoms with van der Waals surface area (Å²) < 4.78 is 20.7. The fourth-order valence-corrected chi connectivity index (χ4v) is 2.18. The van der Waals surface area contributed by atoms with E-state index in [1.807, 2.05) is 6.92 Å². The molecule has 0 aliphatic carbocycles. The number of nitrogens with one attached hydrogen (secondary N) is 1. The van der Waals surface area contributed by atoms with Crippen LogP contribution in [0.2, 0.25) is 0 Å². The van der Waals surface area contributed by atoms with Crippen LogP contribution < -0.4 is 14.8 Å². The van der Waals surface area contributed by atoms with Gasteiger partial charge in [-0.1, -0.05) is 13.0 Å². The first-order valence-electron chi connectivity index (χ1n) is 7.80. The topological polar surface area (TPSA) is 87.0 Å². The van der Waals surface area contributed by atoms with Gasteiger partial charge in [0.25, 0.3) is 5.91 Å². The Balaban J connectivity index is 1.84. The summed E-state index contributed by atoms with van der Waals surface area (Å²) in [6, 6.07) is 8.29. The van der Waals surface area contributed by atoms with Gasteiger partial charge >= 0.3 is 5.97 Å². The van der Waals surface area contributed by atoms with Crippen molar-refractivity contribution in [2.24, 2.45) is 0 Å². The number of benzene rings is 1. The van der Waals surface area contributed by atoms with Gasteiger partial charge in [-0.25, -0.2) is 4.79 Å². The van der Waals surface area contributed by atoms with Crippen LogP contribution in [0.4, 0.5) is 0 Å². The van der Waals surface area contributed by atoms with Crippen LogP contribution in [0.15, 0.2) is 46.7 Å². The van der Waals surface area contributed by atoms with Gasteiger partial charge in [0, 0.05) is 0 Å². The highest BCUT2D eigenvalue weighted by Crippen LogP contribution is 2.33. The summed E-state index contributed by atoms with van der Waals surface area (Å²) in [7, 11) is 0. The third-order valence-corrected chi connectivity index (χ3v) is 3.36. The molecule has 1 aromatic heterocycles. The first kappa shape index (κ1) is 16.6. The quantitative estimate of drug-likeness (QED) is 0.641. The Morgan fingerprint density at radius 2 is 2.08 bits per heavy atom. The zero-order valence-electron chi connectivity index (χ0n) is 13.6. The maximum atomic E-state index is 12.3. The molecular weight excluding hydrogens is 326 g/mol. The monoisotopic (exact) mass is 343 g/mol. The summed E-state index contributed by atoms with van der Waals surface area (Å²) in [6.45, 7) is 2.30. The number of hydrogen-bond acceptors (Lipinski definition) is 6. The van der Waals surface area contributed by atoms with Crippen molar-refractivity contribution in [1.29, 1.82) is 0 Å². The van der Waals surface area contributed by atoms with E-state index in [0.717, 1.165) is 0 Å². The molecule has 7 nitrogen and oxygen atoms in total. The van der Waals surface area contributed by atoms with Crippen LogP contribution in [0.3, 0.4) is 0 Å². The van der Waals surface area contributed by atoms with Crippen molar-refractivity contribution >= 4 is 18.0 Å². The van der Waals surface area contributed by atoms with E-state index in [1.54, 1.807) is 24.3 Å². The number of fused-ring (bicyclic) bond motifs is 1. The van der Waals surface area contributed by atoms with E-state index in [-0.39, 0.29) is 24.9 Å². The van der Waals surface area contributed by atoms with Crippen LogP contribution in [-0.4, -0.2) is 25.3 Å². The summed E-state index contributed by atoms with van der Waals surface area (Å²) in [5, 5.41) is 2.53. The normalized spacial score (nSPS) is 12.8. The molecule has 25 heavy (non-hydrogen) atoms. The van der Waals surface area contributed by atoms with Crippen LogP contribution in [0.25, 0.3) is 6.08 Å². The SMILES string of the molecule is CCCOC(=O)/C(=C/c1ccc2c(c1)OCO2)NC(=O)c1ccco1. The summed E-state index contributed by atoms with van der Waals surface area (Å²) in [5.74, 6) is 0.143. The maximum Gasteiger partial charge on any atom is 0.354 e. The first-order valence-corrected chi connectivity index (χ1v) is 7.80. The van der Waals surface area contributed by atoms with Crippen molar-refractivity contribution < 1.29 is 28.2 Å². The van der Waals surface area contributed by atoms with E-state index in [0.29, 0.717) is 23.5 Å². The number of carbonyl (C=O) groups excluding carboxylic acids is 2. The Morgan fingerprint density at radius 1 is 1.24 bits per heavy atom. The summed E-state index contributed by atoms with van der Waals surface area (Å²) in [5.41, 5.74) is 0.668. The van der Waals surface area contributed by atoms with Gasteiger partial charge in [0.1, 0.15) is 5.70 Å².